The predicted octanol–water partition coefficient (Wildman–Crippen LogP) is 2.33. The standard InChI is InChI=1S/C20H20N6O2/c1-13(19-22-16-9-4-5-10-17(16)23-19)21-18(27)11-6-12-26-20(28)14-7-2-3-8-15(14)24-25-26/h2-5,7-10,13H,6,11-12H2,1H3,(H,21,27)(H,22,23)/t13-/m0/s1. The second-order valence-electron chi connectivity index (χ2n) is 6.67. The van der Waals surface area contributed by atoms with Crippen molar-refractivity contribution >= 4 is 27.8 Å². The Labute approximate surface area is 160 Å². The van der Waals surface area contributed by atoms with Crippen LogP contribution in [0.3, 0.4) is 0 Å². The van der Waals surface area contributed by atoms with Crippen LogP contribution in [0.1, 0.15) is 31.6 Å². The zero-order valence-corrected chi connectivity index (χ0v) is 15.4. The van der Waals surface area contributed by atoms with Gasteiger partial charge in [-0.15, -0.1) is 5.10 Å². The third-order valence-corrected chi connectivity index (χ3v) is 4.60. The Bertz CT molecular complexity index is 1160. The largest absolute Gasteiger partial charge is 0.346 e. The van der Waals surface area contributed by atoms with Gasteiger partial charge in [0.25, 0.3) is 5.56 Å². The molecular weight excluding hydrogens is 356 g/mol. The summed E-state index contributed by atoms with van der Waals surface area (Å²) < 4.78 is 1.30. The van der Waals surface area contributed by atoms with Crippen molar-refractivity contribution in [2.45, 2.75) is 32.4 Å². The van der Waals surface area contributed by atoms with E-state index in [2.05, 4.69) is 25.6 Å². The number of aromatic nitrogens is 5. The Morgan fingerprint density at radius 2 is 1.89 bits per heavy atom. The number of aryl methyl sites for hydroxylation is 1. The van der Waals surface area contributed by atoms with Crippen LogP contribution in [0.2, 0.25) is 0 Å². The fourth-order valence-electron chi connectivity index (χ4n) is 3.12. The molecule has 28 heavy (non-hydrogen) atoms. The molecule has 0 spiro atoms. The Hall–Kier alpha value is -3.55. The summed E-state index contributed by atoms with van der Waals surface area (Å²) in [5, 5.41) is 11.5. The van der Waals surface area contributed by atoms with Crippen molar-refractivity contribution in [3.8, 4) is 0 Å². The molecule has 1 amide bonds. The van der Waals surface area contributed by atoms with Crippen molar-refractivity contribution in [3.63, 3.8) is 0 Å². The molecule has 0 radical (unpaired) electrons. The maximum absolute atomic E-state index is 12.4. The first-order valence-electron chi connectivity index (χ1n) is 9.18. The average Bonchev–Trinajstić information content (AvgIpc) is 3.14. The highest BCUT2D eigenvalue weighted by atomic mass is 16.1. The van der Waals surface area contributed by atoms with Gasteiger partial charge >= 0.3 is 0 Å². The van der Waals surface area contributed by atoms with Crippen molar-refractivity contribution < 1.29 is 4.79 Å². The number of amides is 1. The van der Waals surface area contributed by atoms with Crippen molar-refractivity contribution in [2.24, 2.45) is 0 Å². The minimum Gasteiger partial charge on any atom is -0.346 e. The zero-order chi connectivity index (χ0) is 19.5. The first-order valence-corrected chi connectivity index (χ1v) is 9.18. The van der Waals surface area contributed by atoms with E-state index in [-0.39, 0.29) is 23.9 Å². The number of hydrogen-bond donors (Lipinski definition) is 2. The number of carbonyl (C=O) groups is 1. The first kappa shape index (κ1) is 17.8. The molecule has 1 atom stereocenters. The van der Waals surface area contributed by atoms with Gasteiger partial charge in [-0.1, -0.05) is 29.5 Å². The number of aromatic amines is 1. The monoisotopic (exact) mass is 376 g/mol. The van der Waals surface area contributed by atoms with Crippen LogP contribution in [-0.4, -0.2) is 30.9 Å². The van der Waals surface area contributed by atoms with E-state index in [1.807, 2.05) is 37.3 Å². The van der Waals surface area contributed by atoms with Gasteiger partial charge in [0, 0.05) is 13.0 Å². The van der Waals surface area contributed by atoms with Crippen LogP contribution in [-0.2, 0) is 11.3 Å². The Kier molecular flexibility index (Phi) is 4.84. The molecule has 2 aromatic heterocycles. The highest BCUT2D eigenvalue weighted by Gasteiger charge is 2.13. The third-order valence-electron chi connectivity index (χ3n) is 4.60. The number of nitrogens with zero attached hydrogens (tertiary/aromatic N) is 4. The van der Waals surface area contributed by atoms with E-state index in [0.29, 0.717) is 29.7 Å². The maximum atomic E-state index is 12.4. The fourth-order valence-corrected chi connectivity index (χ4v) is 3.12. The Morgan fingerprint density at radius 3 is 2.71 bits per heavy atom. The Balaban J connectivity index is 1.34. The molecule has 2 N–H and O–H groups in total. The lowest BCUT2D eigenvalue weighted by Gasteiger charge is -2.11. The van der Waals surface area contributed by atoms with E-state index in [1.54, 1.807) is 18.2 Å². The lowest BCUT2D eigenvalue weighted by Crippen LogP contribution is -2.28. The number of benzene rings is 2. The molecule has 2 heterocycles. The van der Waals surface area contributed by atoms with Gasteiger partial charge in [0.05, 0.1) is 22.5 Å². The maximum Gasteiger partial charge on any atom is 0.277 e. The fraction of sp³-hybridized carbons (Fsp3) is 0.250. The van der Waals surface area contributed by atoms with E-state index >= 15 is 0 Å². The van der Waals surface area contributed by atoms with Gasteiger partial charge in [-0.25, -0.2) is 9.67 Å². The number of imidazole rings is 1. The van der Waals surface area contributed by atoms with Gasteiger partial charge < -0.3 is 10.3 Å². The molecule has 0 unspecified atom stereocenters. The van der Waals surface area contributed by atoms with E-state index in [1.165, 1.54) is 4.68 Å². The van der Waals surface area contributed by atoms with Crippen LogP contribution in [0.15, 0.2) is 53.3 Å². The van der Waals surface area contributed by atoms with Gasteiger partial charge in [0.1, 0.15) is 11.3 Å². The summed E-state index contributed by atoms with van der Waals surface area (Å²) in [5.41, 5.74) is 2.18. The van der Waals surface area contributed by atoms with Crippen molar-refractivity contribution in [2.75, 3.05) is 0 Å². The molecule has 2 aromatic carbocycles. The topological polar surface area (TPSA) is 106 Å². The summed E-state index contributed by atoms with van der Waals surface area (Å²) in [6.07, 6.45) is 0.775. The molecule has 0 aliphatic carbocycles. The van der Waals surface area contributed by atoms with Crippen molar-refractivity contribution in [1.29, 1.82) is 0 Å². The van der Waals surface area contributed by atoms with Crippen LogP contribution >= 0.6 is 0 Å². The van der Waals surface area contributed by atoms with Gasteiger partial charge in [-0.05, 0) is 37.6 Å². The molecule has 0 saturated carbocycles. The molecular formula is C20H20N6O2. The smallest absolute Gasteiger partial charge is 0.277 e. The van der Waals surface area contributed by atoms with E-state index in [4.69, 9.17) is 0 Å². The van der Waals surface area contributed by atoms with E-state index in [9.17, 15) is 9.59 Å². The molecule has 0 saturated heterocycles. The highest BCUT2D eigenvalue weighted by molar-refractivity contribution is 5.78. The summed E-state index contributed by atoms with van der Waals surface area (Å²) in [6, 6.07) is 14.6. The van der Waals surface area contributed by atoms with Crippen LogP contribution < -0.4 is 10.9 Å². The van der Waals surface area contributed by atoms with Crippen molar-refractivity contribution in [3.05, 3.63) is 64.7 Å². The summed E-state index contributed by atoms with van der Waals surface area (Å²) >= 11 is 0. The number of rotatable bonds is 6. The number of H-pyrrole nitrogens is 1. The lowest BCUT2D eigenvalue weighted by molar-refractivity contribution is -0.121. The van der Waals surface area contributed by atoms with Crippen LogP contribution in [0.25, 0.3) is 21.9 Å². The highest BCUT2D eigenvalue weighted by Crippen LogP contribution is 2.15. The zero-order valence-electron chi connectivity index (χ0n) is 15.4. The number of nitrogens with one attached hydrogen (secondary N) is 2. The molecule has 0 aliphatic heterocycles. The number of carbonyl (C=O) groups excluding carboxylic acids is 1. The molecule has 0 aliphatic rings. The van der Waals surface area contributed by atoms with Crippen LogP contribution in [0, 0.1) is 0 Å². The number of fused-ring (bicyclic) bond motifs is 2. The normalized spacial score (nSPS) is 12.3. The molecule has 0 fully saturated rings. The Morgan fingerprint density at radius 1 is 1.14 bits per heavy atom. The predicted molar refractivity (Wildman–Crippen MR) is 106 cm³/mol. The summed E-state index contributed by atoms with van der Waals surface area (Å²) in [5.74, 6) is 0.612. The van der Waals surface area contributed by atoms with E-state index in [0.717, 1.165) is 11.0 Å². The molecule has 142 valence electrons. The molecule has 8 heteroatoms. The molecule has 4 rings (SSSR count). The quantitative estimate of drug-likeness (QED) is 0.537. The first-order chi connectivity index (χ1) is 13.6. The minimum absolute atomic E-state index is 0.102. The molecule has 8 nitrogen and oxygen atoms in total. The van der Waals surface area contributed by atoms with Crippen molar-refractivity contribution in [1.82, 2.24) is 30.3 Å². The second-order valence-corrected chi connectivity index (χ2v) is 6.67. The van der Waals surface area contributed by atoms with Gasteiger partial charge in [-0.2, -0.15) is 0 Å². The van der Waals surface area contributed by atoms with Gasteiger partial charge in [0.2, 0.25) is 5.91 Å². The average molecular weight is 376 g/mol. The molecule has 4 aromatic rings. The van der Waals surface area contributed by atoms with Gasteiger partial charge in [0.15, 0.2) is 0 Å². The van der Waals surface area contributed by atoms with Crippen LogP contribution in [0.5, 0.6) is 0 Å². The number of para-hydroxylation sites is 2. The second kappa shape index (κ2) is 7.59. The van der Waals surface area contributed by atoms with Gasteiger partial charge in [-0.3, -0.25) is 9.59 Å². The SMILES string of the molecule is C[C@H](NC(=O)CCCn1nnc2ccccc2c1=O)c1nc2ccccc2[nH]1. The minimum atomic E-state index is -0.233. The summed E-state index contributed by atoms with van der Waals surface area (Å²) in [6.45, 7) is 2.22. The third kappa shape index (κ3) is 3.62. The summed E-state index contributed by atoms with van der Waals surface area (Å²) in [7, 11) is 0. The van der Waals surface area contributed by atoms with E-state index < -0.39 is 0 Å². The summed E-state index contributed by atoms with van der Waals surface area (Å²) in [4.78, 5) is 32.4. The molecule has 0 bridgehead atoms. The lowest BCUT2D eigenvalue weighted by atomic mass is 10.2. The van der Waals surface area contributed by atoms with Crippen LogP contribution in [0.4, 0.5) is 0 Å². The number of hydrogen-bond acceptors (Lipinski definition) is 5.